The van der Waals surface area contributed by atoms with Gasteiger partial charge < -0.3 is 5.32 Å². The molecule has 2 aromatic carbocycles. The Hall–Kier alpha value is -3.22. The first kappa shape index (κ1) is 15.3. The highest BCUT2D eigenvalue weighted by Gasteiger charge is 2.12. The lowest BCUT2D eigenvalue weighted by molar-refractivity contribution is 0.509. The third-order valence-electron chi connectivity index (χ3n) is 3.82. The Balaban J connectivity index is 1.68. The van der Waals surface area contributed by atoms with E-state index in [0.717, 1.165) is 29.5 Å². The number of nitrogens with one attached hydrogen (secondary N) is 1. The van der Waals surface area contributed by atoms with E-state index in [9.17, 15) is 13.2 Å². The SMILES string of the molecule is Fc1ccc(-c2ncc(F)c(Nc3ccc4c(c3)C=NC4)n2)cc1F. The van der Waals surface area contributed by atoms with Crippen molar-refractivity contribution in [3.63, 3.8) is 0 Å². The normalized spacial score (nSPS) is 12.3. The molecule has 4 nitrogen and oxygen atoms in total. The molecule has 1 aromatic heterocycles. The molecule has 1 aliphatic heterocycles. The van der Waals surface area contributed by atoms with Gasteiger partial charge in [0, 0.05) is 17.5 Å². The smallest absolute Gasteiger partial charge is 0.184 e. The first-order valence-electron chi connectivity index (χ1n) is 7.48. The fourth-order valence-corrected chi connectivity index (χ4v) is 2.55. The summed E-state index contributed by atoms with van der Waals surface area (Å²) in [5.74, 6) is -2.60. The minimum Gasteiger partial charge on any atom is -0.338 e. The minimum atomic E-state index is -1.02. The lowest BCUT2D eigenvalue weighted by Crippen LogP contribution is -2.01. The van der Waals surface area contributed by atoms with Gasteiger partial charge in [-0.3, -0.25) is 4.99 Å². The van der Waals surface area contributed by atoms with E-state index in [4.69, 9.17) is 0 Å². The average molecular weight is 340 g/mol. The van der Waals surface area contributed by atoms with Crippen molar-refractivity contribution in [1.29, 1.82) is 0 Å². The molecular formula is C18H11F3N4. The molecule has 0 unspecified atom stereocenters. The van der Waals surface area contributed by atoms with Crippen molar-refractivity contribution < 1.29 is 13.2 Å². The van der Waals surface area contributed by atoms with E-state index in [1.165, 1.54) is 6.07 Å². The summed E-state index contributed by atoms with van der Waals surface area (Å²) in [6.07, 6.45) is 2.74. The summed E-state index contributed by atoms with van der Waals surface area (Å²) in [5, 5.41) is 2.88. The summed E-state index contributed by atoms with van der Waals surface area (Å²) in [6, 6.07) is 8.82. The van der Waals surface area contributed by atoms with Gasteiger partial charge in [-0.05, 0) is 41.5 Å². The van der Waals surface area contributed by atoms with Gasteiger partial charge in [0.25, 0.3) is 0 Å². The van der Waals surface area contributed by atoms with Crippen molar-refractivity contribution in [2.75, 3.05) is 5.32 Å². The Morgan fingerprint density at radius 1 is 0.920 bits per heavy atom. The van der Waals surface area contributed by atoms with Crippen LogP contribution in [0.15, 0.2) is 47.6 Å². The molecule has 124 valence electrons. The van der Waals surface area contributed by atoms with E-state index in [-0.39, 0.29) is 17.2 Å². The molecule has 3 aromatic rings. The second kappa shape index (κ2) is 6.01. The van der Waals surface area contributed by atoms with Crippen LogP contribution < -0.4 is 5.32 Å². The van der Waals surface area contributed by atoms with Gasteiger partial charge in [0.15, 0.2) is 29.1 Å². The van der Waals surface area contributed by atoms with E-state index < -0.39 is 17.5 Å². The predicted molar refractivity (Wildman–Crippen MR) is 88.4 cm³/mol. The average Bonchev–Trinajstić information content (AvgIpc) is 3.07. The largest absolute Gasteiger partial charge is 0.338 e. The molecule has 0 fully saturated rings. The summed E-state index contributed by atoms with van der Waals surface area (Å²) in [4.78, 5) is 12.1. The topological polar surface area (TPSA) is 50.2 Å². The zero-order valence-corrected chi connectivity index (χ0v) is 12.8. The van der Waals surface area contributed by atoms with E-state index >= 15 is 0 Å². The van der Waals surface area contributed by atoms with Crippen LogP contribution in [0.5, 0.6) is 0 Å². The van der Waals surface area contributed by atoms with Gasteiger partial charge in [0.2, 0.25) is 0 Å². The van der Waals surface area contributed by atoms with Crippen LogP contribution in [0.4, 0.5) is 24.7 Å². The van der Waals surface area contributed by atoms with Gasteiger partial charge in [-0.15, -0.1) is 0 Å². The van der Waals surface area contributed by atoms with Crippen LogP contribution in [0.1, 0.15) is 11.1 Å². The van der Waals surface area contributed by atoms with Crippen LogP contribution in [0.3, 0.4) is 0 Å². The number of aromatic nitrogens is 2. The number of benzene rings is 2. The molecule has 0 aliphatic carbocycles. The number of anilines is 2. The first-order chi connectivity index (χ1) is 12.1. The second-order valence-corrected chi connectivity index (χ2v) is 5.53. The molecule has 0 bridgehead atoms. The number of fused-ring (bicyclic) bond motifs is 1. The molecule has 7 heteroatoms. The number of halogens is 3. The number of aliphatic imine (C=N–C) groups is 1. The molecular weight excluding hydrogens is 329 g/mol. The highest BCUT2D eigenvalue weighted by atomic mass is 19.2. The van der Waals surface area contributed by atoms with Crippen molar-refractivity contribution in [3.05, 3.63) is 71.2 Å². The highest BCUT2D eigenvalue weighted by molar-refractivity contribution is 5.86. The summed E-state index contributed by atoms with van der Waals surface area (Å²) >= 11 is 0. The number of rotatable bonds is 3. The molecule has 0 saturated carbocycles. The minimum absolute atomic E-state index is 0.0513. The number of hydrogen-bond donors (Lipinski definition) is 1. The van der Waals surface area contributed by atoms with Crippen LogP contribution >= 0.6 is 0 Å². The maximum Gasteiger partial charge on any atom is 0.184 e. The highest BCUT2D eigenvalue weighted by Crippen LogP contribution is 2.25. The molecule has 4 rings (SSSR count). The first-order valence-corrected chi connectivity index (χ1v) is 7.48. The van der Waals surface area contributed by atoms with Gasteiger partial charge in [0.05, 0.1) is 12.7 Å². The molecule has 0 radical (unpaired) electrons. The van der Waals surface area contributed by atoms with Crippen LogP contribution in [0.25, 0.3) is 11.4 Å². The monoisotopic (exact) mass is 340 g/mol. The Bertz CT molecular complexity index is 1000. The van der Waals surface area contributed by atoms with Crippen LogP contribution in [0, 0.1) is 17.5 Å². The Labute approximate surface area is 141 Å². The van der Waals surface area contributed by atoms with Crippen LogP contribution in [-0.2, 0) is 6.54 Å². The van der Waals surface area contributed by atoms with Crippen molar-refractivity contribution in [2.24, 2.45) is 4.99 Å². The second-order valence-electron chi connectivity index (χ2n) is 5.53. The molecule has 0 spiro atoms. The molecule has 0 saturated heterocycles. The Kier molecular flexibility index (Phi) is 3.68. The molecule has 0 atom stereocenters. The summed E-state index contributed by atoms with van der Waals surface area (Å²) in [6.45, 7) is 0.637. The Morgan fingerprint density at radius 2 is 1.80 bits per heavy atom. The van der Waals surface area contributed by atoms with E-state index in [2.05, 4.69) is 20.3 Å². The van der Waals surface area contributed by atoms with Crippen molar-refractivity contribution in [3.8, 4) is 11.4 Å². The van der Waals surface area contributed by atoms with E-state index in [1.807, 2.05) is 12.1 Å². The van der Waals surface area contributed by atoms with Gasteiger partial charge >= 0.3 is 0 Å². The Morgan fingerprint density at radius 3 is 2.64 bits per heavy atom. The predicted octanol–water partition coefficient (Wildman–Crippen LogP) is 4.24. The van der Waals surface area contributed by atoms with Gasteiger partial charge in [-0.2, -0.15) is 0 Å². The summed E-state index contributed by atoms with van der Waals surface area (Å²) in [5.41, 5.74) is 2.94. The van der Waals surface area contributed by atoms with Gasteiger partial charge in [0.1, 0.15) is 0 Å². The summed E-state index contributed by atoms with van der Waals surface area (Å²) < 4.78 is 40.5. The van der Waals surface area contributed by atoms with Crippen LogP contribution in [0.2, 0.25) is 0 Å². The van der Waals surface area contributed by atoms with Gasteiger partial charge in [-0.25, -0.2) is 23.1 Å². The van der Waals surface area contributed by atoms with Gasteiger partial charge in [-0.1, -0.05) is 6.07 Å². The summed E-state index contributed by atoms with van der Waals surface area (Å²) in [7, 11) is 0. The lowest BCUT2D eigenvalue weighted by Gasteiger charge is -2.09. The van der Waals surface area contributed by atoms with Crippen molar-refractivity contribution in [2.45, 2.75) is 6.54 Å². The van der Waals surface area contributed by atoms with Crippen molar-refractivity contribution in [1.82, 2.24) is 9.97 Å². The zero-order valence-electron chi connectivity index (χ0n) is 12.8. The molecule has 1 aliphatic rings. The molecule has 1 N–H and O–H groups in total. The fraction of sp³-hybridized carbons (Fsp3) is 0.0556. The lowest BCUT2D eigenvalue weighted by atomic mass is 10.1. The van der Waals surface area contributed by atoms with Crippen LogP contribution in [-0.4, -0.2) is 16.2 Å². The maximum absolute atomic E-state index is 14.0. The van der Waals surface area contributed by atoms with Crippen molar-refractivity contribution >= 4 is 17.7 Å². The molecule has 2 heterocycles. The molecule has 0 amide bonds. The fourth-order valence-electron chi connectivity index (χ4n) is 2.55. The third-order valence-corrected chi connectivity index (χ3v) is 3.82. The standard InChI is InChI=1S/C18H11F3N4/c19-14-4-2-10(6-15(14)20)17-23-9-16(21)18(25-17)24-13-3-1-11-7-22-8-12(11)5-13/h1-6,8-9H,7H2,(H,23,24,25). The van der Waals surface area contributed by atoms with E-state index in [0.29, 0.717) is 12.2 Å². The molecule has 25 heavy (non-hydrogen) atoms. The number of hydrogen-bond acceptors (Lipinski definition) is 4. The third kappa shape index (κ3) is 2.96. The maximum atomic E-state index is 14.0. The van der Waals surface area contributed by atoms with E-state index in [1.54, 1.807) is 12.3 Å². The zero-order chi connectivity index (χ0) is 17.4. The quantitative estimate of drug-likeness (QED) is 0.776. The number of nitrogens with zero attached hydrogens (tertiary/aromatic N) is 3.